The first-order chi connectivity index (χ1) is 12.6. The van der Waals surface area contributed by atoms with Crippen LogP contribution in [0.1, 0.15) is 10.4 Å². The zero-order chi connectivity index (χ0) is 18.5. The molecule has 3 rings (SSSR count). The Balaban J connectivity index is 1.54. The lowest BCUT2D eigenvalue weighted by atomic mass is 10.1. The first-order valence-corrected chi connectivity index (χ1v) is 8.34. The number of benzene rings is 2. The van der Waals surface area contributed by atoms with Gasteiger partial charge in [-0.2, -0.15) is 0 Å². The highest BCUT2D eigenvalue weighted by atomic mass is 19.1. The van der Waals surface area contributed by atoms with E-state index in [0.29, 0.717) is 25.2 Å². The van der Waals surface area contributed by atoms with Crippen LogP contribution in [0, 0.1) is 5.82 Å². The molecule has 0 aromatic heterocycles. The SMILES string of the molecule is CN(CCOc1ccccc1F)C(=O)c1ccc(N2CCNC2=O)cc1. The van der Waals surface area contributed by atoms with Crippen LogP contribution in [0.2, 0.25) is 0 Å². The summed E-state index contributed by atoms with van der Waals surface area (Å²) in [6, 6.07) is 12.9. The van der Waals surface area contributed by atoms with Crippen molar-refractivity contribution in [1.82, 2.24) is 10.2 Å². The van der Waals surface area contributed by atoms with Crippen molar-refractivity contribution in [2.75, 3.05) is 38.2 Å². The van der Waals surface area contributed by atoms with Crippen LogP contribution in [0.5, 0.6) is 5.75 Å². The molecule has 2 aromatic rings. The largest absolute Gasteiger partial charge is 0.489 e. The molecule has 26 heavy (non-hydrogen) atoms. The highest BCUT2D eigenvalue weighted by Gasteiger charge is 2.21. The molecule has 1 heterocycles. The van der Waals surface area contributed by atoms with E-state index in [0.717, 1.165) is 5.69 Å². The van der Waals surface area contributed by atoms with E-state index in [1.807, 2.05) is 0 Å². The molecule has 0 aliphatic carbocycles. The average molecular weight is 357 g/mol. The molecular formula is C19H20FN3O3. The number of rotatable bonds is 6. The molecule has 0 spiro atoms. The molecule has 0 saturated carbocycles. The van der Waals surface area contributed by atoms with Gasteiger partial charge in [0, 0.05) is 31.4 Å². The van der Waals surface area contributed by atoms with Gasteiger partial charge in [0.1, 0.15) is 6.61 Å². The van der Waals surface area contributed by atoms with Gasteiger partial charge in [-0.05, 0) is 36.4 Å². The minimum absolute atomic E-state index is 0.133. The molecule has 136 valence electrons. The van der Waals surface area contributed by atoms with Crippen LogP contribution in [0.25, 0.3) is 0 Å². The Bertz CT molecular complexity index is 795. The van der Waals surface area contributed by atoms with Crippen LogP contribution < -0.4 is 15.0 Å². The van der Waals surface area contributed by atoms with Gasteiger partial charge in [-0.1, -0.05) is 12.1 Å². The van der Waals surface area contributed by atoms with Crippen LogP contribution in [0.4, 0.5) is 14.9 Å². The van der Waals surface area contributed by atoms with Crippen molar-refractivity contribution in [3.63, 3.8) is 0 Å². The molecule has 0 radical (unpaired) electrons. The maximum Gasteiger partial charge on any atom is 0.321 e. The molecule has 1 aliphatic rings. The molecule has 2 aromatic carbocycles. The Kier molecular flexibility index (Phi) is 5.36. The van der Waals surface area contributed by atoms with Crippen LogP contribution in [-0.4, -0.2) is 50.1 Å². The first-order valence-electron chi connectivity index (χ1n) is 8.34. The Morgan fingerprint density at radius 1 is 1.23 bits per heavy atom. The van der Waals surface area contributed by atoms with Crippen molar-refractivity contribution in [2.24, 2.45) is 0 Å². The van der Waals surface area contributed by atoms with Gasteiger partial charge in [0.2, 0.25) is 0 Å². The van der Waals surface area contributed by atoms with Crippen molar-refractivity contribution in [3.8, 4) is 5.75 Å². The van der Waals surface area contributed by atoms with Crippen LogP contribution in [0.15, 0.2) is 48.5 Å². The summed E-state index contributed by atoms with van der Waals surface area (Å²) >= 11 is 0. The molecule has 6 nitrogen and oxygen atoms in total. The highest BCUT2D eigenvalue weighted by molar-refractivity contribution is 5.96. The lowest BCUT2D eigenvalue weighted by Gasteiger charge is -2.19. The Morgan fingerprint density at radius 2 is 1.96 bits per heavy atom. The van der Waals surface area contributed by atoms with Gasteiger partial charge in [-0.15, -0.1) is 0 Å². The number of para-hydroxylation sites is 1. The standard InChI is InChI=1S/C19H20FN3O3/c1-22(12-13-26-17-5-3-2-4-16(17)20)18(24)14-6-8-15(9-7-14)23-11-10-21-19(23)25/h2-9H,10-13H2,1H3,(H,21,25). The fourth-order valence-corrected chi connectivity index (χ4v) is 2.68. The number of carbonyl (C=O) groups excluding carboxylic acids is 2. The van der Waals surface area contributed by atoms with E-state index in [-0.39, 0.29) is 24.3 Å². The maximum atomic E-state index is 13.5. The lowest BCUT2D eigenvalue weighted by molar-refractivity contribution is 0.0773. The van der Waals surface area contributed by atoms with Crippen molar-refractivity contribution < 1.29 is 18.7 Å². The summed E-state index contributed by atoms with van der Waals surface area (Å²) in [5, 5.41) is 2.74. The Labute approximate surface area is 151 Å². The molecule has 1 saturated heterocycles. The van der Waals surface area contributed by atoms with E-state index in [2.05, 4.69) is 5.32 Å². The second-order valence-electron chi connectivity index (χ2n) is 5.94. The second kappa shape index (κ2) is 7.86. The molecule has 1 fully saturated rings. The molecular weight excluding hydrogens is 337 g/mol. The molecule has 1 aliphatic heterocycles. The fourth-order valence-electron chi connectivity index (χ4n) is 2.68. The summed E-state index contributed by atoms with van der Waals surface area (Å²) in [5.74, 6) is -0.427. The molecule has 0 atom stereocenters. The van der Waals surface area contributed by atoms with E-state index >= 15 is 0 Å². The monoisotopic (exact) mass is 357 g/mol. The summed E-state index contributed by atoms with van der Waals surface area (Å²) in [6.45, 7) is 1.74. The van der Waals surface area contributed by atoms with Crippen molar-refractivity contribution >= 4 is 17.6 Å². The first kappa shape index (κ1) is 17.7. The van der Waals surface area contributed by atoms with Gasteiger partial charge in [0.05, 0.1) is 6.54 Å². The topological polar surface area (TPSA) is 61.9 Å². The van der Waals surface area contributed by atoms with Gasteiger partial charge in [0.15, 0.2) is 11.6 Å². The third-order valence-electron chi connectivity index (χ3n) is 4.15. The van der Waals surface area contributed by atoms with Crippen LogP contribution in [0.3, 0.4) is 0 Å². The predicted octanol–water partition coefficient (Wildman–Crippen LogP) is 2.51. The number of nitrogens with one attached hydrogen (secondary N) is 1. The van der Waals surface area contributed by atoms with Crippen molar-refractivity contribution in [2.45, 2.75) is 0 Å². The van der Waals surface area contributed by atoms with Crippen molar-refractivity contribution in [3.05, 3.63) is 59.9 Å². The number of hydrogen-bond acceptors (Lipinski definition) is 3. The molecule has 7 heteroatoms. The van der Waals surface area contributed by atoms with Gasteiger partial charge >= 0.3 is 6.03 Å². The van der Waals surface area contributed by atoms with Gasteiger partial charge in [-0.25, -0.2) is 9.18 Å². The zero-order valence-corrected chi connectivity index (χ0v) is 14.4. The summed E-state index contributed by atoms with van der Waals surface area (Å²) in [7, 11) is 1.66. The quantitative estimate of drug-likeness (QED) is 0.864. The number of nitrogens with zero attached hydrogens (tertiary/aromatic N) is 2. The average Bonchev–Trinajstić information content (AvgIpc) is 3.08. The summed E-state index contributed by atoms with van der Waals surface area (Å²) in [6.07, 6.45) is 0. The number of urea groups is 1. The Hall–Kier alpha value is -3.09. The van der Waals surface area contributed by atoms with E-state index in [9.17, 15) is 14.0 Å². The van der Waals surface area contributed by atoms with E-state index in [4.69, 9.17) is 4.74 Å². The van der Waals surface area contributed by atoms with Gasteiger partial charge in [0.25, 0.3) is 5.91 Å². The molecule has 0 unspecified atom stereocenters. The number of anilines is 1. The predicted molar refractivity (Wildman–Crippen MR) is 96.0 cm³/mol. The minimum atomic E-state index is -0.428. The number of hydrogen-bond donors (Lipinski definition) is 1. The van der Waals surface area contributed by atoms with Gasteiger partial charge in [-0.3, -0.25) is 9.69 Å². The number of ether oxygens (including phenoxy) is 1. The van der Waals surface area contributed by atoms with E-state index in [1.54, 1.807) is 54.4 Å². The molecule has 0 bridgehead atoms. The van der Waals surface area contributed by atoms with Gasteiger partial charge < -0.3 is 15.0 Å². The fraction of sp³-hybridized carbons (Fsp3) is 0.263. The van der Waals surface area contributed by atoms with E-state index in [1.165, 1.54) is 11.0 Å². The number of halogens is 1. The van der Waals surface area contributed by atoms with Crippen LogP contribution >= 0.6 is 0 Å². The second-order valence-corrected chi connectivity index (χ2v) is 5.94. The number of amides is 3. The third kappa shape index (κ3) is 3.93. The highest BCUT2D eigenvalue weighted by Crippen LogP contribution is 2.18. The third-order valence-corrected chi connectivity index (χ3v) is 4.15. The smallest absolute Gasteiger partial charge is 0.321 e. The van der Waals surface area contributed by atoms with E-state index < -0.39 is 5.82 Å². The zero-order valence-electron chi connectivity index (χ0n) is 14.4. The molecule has 3 amide bonds. The normalized spacial score (nSPS) is 13.5. The lowest BCUT2D eigenvalue weighted by Crippen LogP contribution is -2.31. The summed E-state index contributed by atoms with van der Waals surface area (Å²) in [4.78, 5) is 27.3. The number of likely N-dealkylation sites (N-methyl/N-ethyl adjacent to an activating group) is 1. The van der Waals surface area contributed by atoms with Crippen molar-refractivity contribution in [1.29, 1.82) is 0 Å². The van der Waals surface area contributed by atoms with Crippen LogP contribution in [-0.2, 0) is 0 Å². The Morgan fingerprint density at radius 3 is 2.62 bits per heavy atom. The summed E-state index contributed by atoms with van der Waals surface area (Å²) in [5.41, 5.74) is 1.27. The minimum Gasteiger partial charge on any atom is -0.489 e. The summed E-state index contributed by atoms with van der Waals surface area (Å²) < 4.78 is 18.9. The number of carbonyl (C=O) groups is 2. The maximum absolute atomic E-state index is 13.5. The molecule has 1 N–H and O–H groups in total.